The smallest absolute Gasteiger partial charge is 0.0820 e. The predicted molar refractivity (Wildman–Crippen MR) is 92.8 cm³/mol. The maximum atomic E-state index is 9.45. The van der Waals surface area contributed by atoms with E-state index in [1.807, 2.05) is 23.2 Å². The molecule has 2 aliphatic rings. The first-order valence-corrected chi connectivity index (χ1v) is 8.46. The lowest BCUT2D eigenvalue weighted by Crippen LogP contribution is -2.30. The minimum Gasteiger partial charge on any atom is -0.394 e. The summed E-state index contributed by atoms with van der Waals surface area (Å²) in [5.74, 6) is 0.330. The minimum atomic E-state index is 0.0894. The molecule has 0 saturated carbocycles. The lowest BCUT2D eigenvalue weighted by Gasteiger charge is -2.30. The number of aliphatic hydroxyl groups excluding tert-OH is 1. The molecule has 118 valence electrons. The molecule has 0 saturated heterocycles. The van der Waals surface area contributed by atoms with E-state index in [1.165, 1.54) is 11.1 Å². The summed E-state index contributed by atoms with van der Waals surface area (Å²) in [6, 6.07) is 16.6. The second kappa shape index (κ2) is 5.99. The number of fused-ring (bicyclic) bond motifs is 3. The fraction of sp³-hybridized carbons (Fsp3) is 0.316. The van der Waals surface area contributed by atoms with Crippen molar-refractivity contribution >= 4 is 17.3 Å². The topological polar surface area (TPSA) is 35.8 Å². The van der Waals surface area contributed by atoms with Crippen LogP contribution in [0.2, 0.25) is 5.02 Å². The molecule has 0 spiro atoms. The average Bonchev–Trinajstić information content (AvgIpc) is 2.94. The van der Waals surface area contributed by atoms with Crippen LogP contribution in [0.5, 0.6) is 0 Å². The number of β-amino-alcohol motifs (C(OH)–C–C–N with tert-alkyl or cyclic N) is 1. The van der Waals surface area contributed by atoms with Crippen LogP contribution in [-0.4, -0.2) is 29.0 Å². The predicted octanol–water partition coefficient (Wildman–Crippen LogP) is 3.66. The first-order chi connectivity index (χ1) is 11.3. The number of hydrogen-bond donors (Lipinski definition) is 1. The Morgan fingerprint density at radius 1 is 1.13 bits per heavy atom. The summed E-state index contributed by atoms with van der Waals surface area (Å²) in [7, 11) is 0. The minimum absolute atomic E-state index is 0.0894. The van der Waals surface area contributed by atoms with Gasteiger partial charge in [-0.1, -0.05) is 54.1 Å². The van der Waals surface area contributed by atoms with E-state index < -0.39 is 0 Å². The zero-order chi connectivity index (χ0) is 15.8. The van der Waals surface area contributed by atoms with Gasteiger partial charge in [-0.25, -0.2) is 0 Å². The number of hydrogen-bond acceptors (Lipinski definition) is 3. The van der Waals surface area contributed by atoms with Crippen molar-refractivity contribution in [2.45, 2.75) is 18.9 Å². The Labute approximate surface area is 141 Å². The Bertz CT molecular complexity index is 759. The first kappa shape index (κ1) is 14.7. The van der Waals surface area contributed by atoms with E-state index in [-0.39, 0.29) is 12.6 Å². The molecule has 0 unspecified atom stereocenters. The maximum absolute atomic E-state index is 9.45. The molecule has 0 aromatic heterocycles. The number of benzene rings is 2. The van der Waals surface area contributed by atoms with Crippen LogP contribution >= 0.6 is 11.6 Å². The molecule has 4 heteroatoms. The molecule has 2 atom stereocenters. The van der Waals surface area contributed by atoms with Gasteiger partial charge in [-0.2, -0.15) is 5.10 Å². The van der Waals surface area contributed by atoms with Crippen molar-refractivity contribution in [3.05, 3.63) is 70.2 Å². The standard InChI is InChI=1S/C19H19ClN2O/c20-17-8-4-3-7-15(17)19-16-10-9-13-5-1-2-6-14(13)18(16)21-22(19)11-12-23/h1-8,16,19,23H,9-12H2/t16-,19+/m0/s1. The highest BCUT2D eigenvalue weighted by molar-refractivity contribution is 6.31. The van der Waals surface area contributed by atoms with Crippen LogP contribution in [0.1, 0.15) is 29.2 Å². The molecule has 3 nitrogen and oxygen atoms in total. The quantitative estimate of drug-likeness (QED) is 0.934. The summed E-state index contributed by atoms with van der Waals surface area (Å²) in [5.41, 5.74) is 4.86. The zero-order valence-corrected chi connectivity index (χ0v) is 13.6. The SMILES string of the molecule is OCCN1N=C2c3ccccc3CC[C@@H]2[C@H]1c1ccccc1Cl. The maximum Gasteiger partial charge on any atom is 0.0820 e. The zero-order valence-electron chi connectivity index (χ0n) is 12.8. The molecule has 0 radical (unpaired) electrons. The summed E-state index contributed by atoms with van der Waals surface area (Å²) in [4.78, 5) is 0. The van der Waals surface area contributed by atoms with E-state index in [1.54, 1.807) is 0 Å². The van der Waals surface area contributed by atoms with Gasteiger partial charge in [0.2, 0.25) is 0 Å². The third kappa shape index (κ3) is 2.44. The van der Waals surface area contributed by atoms with E-state index in [0.29, 0.717) is 12.5 Å². The number of rotatable bonds is 3. The van der Waals surface area contributed by atoms with Crippen LogP contribution in [0.4, 0.5) is 0 Å². The van der Waals surface area contributed by atoms with Crippen molar-refractivity contribution in [3.63, 3.8) is 0 Å². The van der Waals surface area contributed by atoms with Crippen molar-refractivity contribution in [2.75, 3.05) is 13.2 Å². The number of hydrazone groups is 1. The number of nitrogens with zero attached hydrogens (tertiary/aromatic N) is 2. The van der Waals surface area contributed by atoms with Crippen LogP contribution in [0.15, 0.2) is 53.6 Å². The average molecular weight is 327 g/mol. The van der Waals surface area contributed by atoms with Gasteiger partial charge in [-0.15, -0.1) is 0 Å². The van der Waals surface area contributed by atoms with E-state index in [2.05, 4.69) is 30.3 Å². The molecule has 0 fully saturated rings. The Morgan fingerprint density at radius 3 is 2.74 bits per heavy atom. The number of aryl methyl sites for hydroxylation is 1. The molecule has 0 bridgehead atoms. The summed E-state index contributed by atoms with van der Waals surface area (Å²) >= 11 is 6.46. The van der Waals surface area contributed by atoms with E-state index in [0.717, 1.165) is 29.1 Å². The highest BCUT2D eigenvalue weighted by atomic mass is 35.5. The molecule has 2 aromatic rings. The third-order valence-corrected chi connectivity index (χ3v) is 5.20. The van der Waals surface area contributed by atoms with Gasteiger partial charge in [0.25, 0.3) is 0 Å². The summed E-state index contributed by atoms with van der Waals surface area (Å²) in [6.45, 7) is 0.615. The van der Waals surface area contributed by atoms with E-state index in [9.17, 15) is 5.11 Å². The van der Waals surface area contributed by atoms with Gasteiger partial charge in [-0.05, 0) is 30.0 Å². The lowest BCUT2D eigenvalue weighted by atomic mass is 9.77. The largest absolute Gasteiger partial charge is 0.394 e. The van der Waals surface area contributed by atoms with Crippen molar-refractivity contribution in [1.29, 1.82) is 0 Å². The molecular weight excluding hydrogens is 308 g/mol. The van der Waals surface area contributed by atoms with Crippen molar-refractivity contribution in [3.8, 4) is 0 Å². The normalized spacial score (nSPS) is 22.5. The molecule has 1 aliphatic carbocycles. The van der Waals surface area contributed by atoms with E-state index >= 15 is 0 Å². The molecule has 1 N–H and O–H groups in total. The molecule has 1 heterocycles. The van der Waals surface area contributed by atoms with E-state index in [4.69, 9.17) is 16.7 Å². The van der Waals surface area contributed by atoms with Crippen LogP contribution < -0.4 is 0 Å². The molecule has 2 aromatic carbocycles. The van der Waals surface area contributed by atoms with Crippen molar-refractivity contribution in [2.24, 2.45) is 11.0 Å². The Kier molecular flexibility index (Phi) is 3.83. The van der Waals surface area contributed by atoms with Gasteiger partial charge in [0.05, 0.1) is 24.9 Å². The molecule has 1 aliphatic heterocycles. The molecule has 4 rings (SSSR count). The number of halogens is 1. The Balaban J connectivity index is 1.79. The third-order valence-electron chi connectivity index (χ3n) is 4.86. The van der Waals surface area contributed by atoms with Crippen LogP contribution in [0.3, 0.4) is 0 Å². The fourth-order valence-corrected chi connectivity index (χ4v) is 4.11. The molecular formula is C19H19ClN2O. The lowest BCUT2D eigenvalue weighted by molar-refractivity contribution is 0.152. The van der Waals surface area contributed by atoms with Gasteiger partial charge in [0.1, 0.15) is 0 Å². The fourth-order valence-electron chi connectivity index (χ4n) is 3.86. The van der Waals surface area contributed by atoms with Gasteiger partial charge in [-0.3, -0.25) is 5.01 Å². The summed E-state index contributed by atoms with van der Waals surface area (Å²) < 4.78 is 0. The molecule has 0 amide bonds. The summed E-state index contributed by atoms with van der Waals surface area (Å²) in [5, 5.41) is 17.1. The van der Waals surface area contributed by atoms with Gasteiger partial charge in [0, 0.05) is 16.5 Å². The van der Waals surface area contributed by atoms with Crippen LogP contribution in [0, 0.1) is 5.92 Å². The van der Waals surface area contributed by atoms with Gasteiger partial charge < -0.3 is 5.11 Å². The monoisotopic (exact) mass is 326 g/mol. The second-order valence-electron chi connectivity index (χ2n) is 6.14. The second-order valence-corrected chi connectivity index (χ2v) is 6.55. The van der Waals surface area contributed by atoms with Gasteiger partial charge in [0.15, 0.2) is 0 Å². The van der Waals surface area contributed by atoms with Gasteiger partial charge >= 0.3 is 0 Å². The Morgan fingerprint density at radius 2 is 1.91 bits per heavy atom. The Hall–Kier alpha value is -1.84. The number of aliphatic hydroxyl groups is 1. The highest BCUT2D eigenvalue weighted by Crippen LogP contribution is 2.44. The summed E-state index contributed by atoms with van der Waals surface area (Å²) in [6.07, 6.45) is 2.13. The molecule has 23 heavy (non-hydrogen) atoms. The van der Waals surface area contributed by atoms with Crippen molar-refractivity contribution in [1.82, 2.24) is 5.01 Å². The van der Waals surface area contributed by atoms with Crippen LogP contribution in [-0.2, 0) is 6.42 Å². The van der Waals surface area contributed by atoms with Crippen LogP contribution in [0.25, 0.3) is 0 Å². The highest BCUT2D eigenvalue weighted by Gasteiger charge is 2.41. The van der Waals surface area contributed by atoms with Crippen molar-refractivity contribution < 1.29 is 5.11 Å². The first-order valence-electron chi connectivity index (χ1n) is 8.08.